The summed E-state index contributed by atoms with van der Waals surface area (Å²) in [6.07, 6.45) is 26.4. The third-order valence-electron chi connectivity index (χ3n) is 15.2. The van der Waals surface area contributed by atoms with Crippen molar-refractivity contribution in [3.63, 3.8) is 0 Å². The summed E-state index contributed by atoms with van der Waals surface area (Å²) in [4.78, 5) is 0. The Morgan fingerprint density at radius 2 is 0.788 bits per heavy atom. The topological polar surface area (TPSA) is 38.7 Å². The number of methoxy groups -OCH3 is 1. The molecule has 0 aliphatic heterocycles. The van der Waals surface area contributed by atoms with E-state index in [1.807, 2.05) is 7.11 Å². The van der Waals surface area contributed by atoms with Crippen LogP contribution in [0.2, 0.25) is 0 Å². The van der Waals surface area contributed by atoms with Gasteiger partial charge in [-0.05, 0) is 188 Å². The van der Waals surface area contributed by atoms with Crippen molar-refractivity contribution >= 4 is 45.2 Å². The molecule has 1 N–H and O–H groups in total. The summed E-state index contributed by atoms with van der Waals surface area (Å²) < 4.78 is 16.0. The molecule has 0 atom stereocenters. The fraction of sp³-hybridized carbons (Fsp3) is 0.508. The lowest BCUT2D eigenvalue weighted by Crippen LogP contribution is -2.26. The number of hydrogen-bond donors (Lipinski definition) is 1. The van der Waals surface area contributed by atoms with Crippen LogP contribution in [0, 0.1) is 7.14 Å². The molecular weight excluding hydrogens is 1030 g/mol. The molecule has 5 aromatic carbocycles. The molecular formula is C61H78I2O3. The van der Waals surface area contributed by atoms with Gasteiger partial charge in [0.15, 0.2) is 0 Å². The first-order valence-electron chi connectivity index (χ1n) is 26.1. The van der Waals surface area contributed by atoms with E-state index in [4.69, 9.17) is 9.47 Å². The first-order chi connectivity index (χ1) is 32.3. The SMILES string of the molecule is CCCCCCC1(CCCCCC)c2cc(I)ccc2-c2ccc(-c3cc(OCCCCO)c(-c4ccc5c(c4)C(CCCCCC)(CCCCCC)c4cc(I)ccc4-5)cc3OC)cc21. The molecule has 5 aromatic rings. The van der Waals surface area contributed by atoms with E-state index >= 15 is 0 Å². The molecule has 0 bridgehead atoms. The first kappa shape index (κ1) is 51.0. The lowest BCUT2D eigenvalue weighted by Gasteiger charge is -2.33. The molecule has 0 spiro atoms. The molecule has 0 amide bonds. The third-order valence-corrected chi connectivity index (χ3v) is 16.5. The zero-order valence-electron chi connectivity index (χ0n) is 41.1. The van der Waals surface area contributed by atoms with Crippen molar-refractivity contribution in [1.82, 2.24) is 0 Å². The van der Waals surface area contributed by atoms with Crippen molar-refractivity contribution in [3.8, 4) is 56.0 Å². The standard InChI is InChI=1S/C61H78I2O3/c1-6-10-14-18-32-60(33-19-15-11-7-2)54-38-44(24-28-48(54)50-30-26-46(62)40-56(50)60)52-43-59(66-37-23-22-36-64)53(42-58(52)65-5)45-25-29-49-51-31-27-47(63)41-57(51)61(55(49)39-45,34-20-16-12-8-3)35-21-17-13-9-4/h24-31,38-43,64H,6-23,32-37H2,1-5H3. The molecule has 354 valence electrons. The Morgan fingerprint density at radius 1 is 0.409 bits per heavy atom. The highest BCUT2D eigenvalue weighted by Gasteiger charge is 2.44. The smallest absolute Gasteiger partial charge is 0.128 e. The average Bonchev–Trinajstić information content (AvgIpc) is 3.75. The summed E-state index contributed by atoms with van der Waals surface area (Å²) in [6.45, 7) is 9.99. The Morgan fingerprint density at radius 3 is 1.18 bits per heavy atom. The molecule has 3 nitrogen and oxygen atoms in total. The van der Waals surface area contributed by atoms with Gasteiger partial charge in [-0.3, -0.25) is 0 Å². The fourth-order valence-corrected chi connectivity index (χ4v) is 12.7. The van der Waals surface area contributed by atoms with E-state index in [0.29, 0.717) is 6.61 Å². The summed E-state index contributed by atoms with van der Waals surface area (Å²) >= 11 is 5.06. The number of fused-ring (bicyclic) bond motifs is 6. The van der Waals surface area contributed by atoms with Crippen molar-refractivity contribution in [2.24, 2.45) is 0 Å². The number of rotatable bonds is 28. The van der Waals surface area contributed by atoms with E-state index in [2.05, 4.69) is 158 Å². The quantitative estimate of drug-likeness (QED) is 0.0401. The zero-order valence-corrected chi connectivity index (χ0v) is 45.4. The van der Waals surface area contributed by atoms with Gasteiger partial charge in [-0.2, -0.15) is 0 Å². The highest BCUT2D eigenvalue weighted by Crippen LogP contribution is 2.58. The number of hydrogen-bond acceptors (Lipinski definition) is 3. The number of aliphatic hydroxyl groups excluding tert-OH is 1. The second-order valence-electron chi connectivity index (χ2n) is 19.6. The van der Waals surface area contributed by atoms with Crippen LogP contribution >= 0.6 is 45.2 Å². The number of benzene rings is 5. The number of unbranched alkanes of at least 4 members (excludes halogenated alkanes) is 13. The Balaban J connectivity index is 1.36. The molecule has 66 heavy (non-hydrogen) atoms. The maximum atomic E-state index is 9.76. The maximum absolute atomic E-state index is 9.76. The highest BCUT2D eigenvalue weighted by atomic mass is 127. The second-order valence-corrected chi connectivity index (χ2v) is 22.1. The van der Waals surface area contributed by atoms with Gasteiger partial charge in [0.2, 0.25) is 0 Å². The number of halogens is 2. The van der Waals surface area contributed by atoms with Crippen LogP contribution in [0.1, 0.15) is 191 Å². The Bertz CT molecular complexity index is 2340. The fourth-order valence-electron chi connectivity index (χ4n) is 11.7. The van der Waals surface area contributed by atoms with Crippen LogP contribution in [0.4, 0.5) is 0 Å². The van der Waals surface area contributed by atoms with Crippen molar-refractivity contribution < 1.29 is 14.6 Å². The van der Waals surface area contributed by atoms with Crippen LogP contribution in [0.3, 0.4) is 0 Å². The zero-order chi connectivity index (χ0) is 46.5. The summed E-state index contributed by atoms with van der Waals surface area (Å²) in [5, 5.41) is 9.76. The predicted octanol–water partition coefficient (Wildman–Crippen LogP) is 18.8. The largest absolute Gasteiger partial charge is 0.496 e. The molecule has 0 saturated heterocycles. The molecule has 0 radical (unpaired) electrons. The van der Waals surface area contributed by atoms with Crippen LogP contribution in [0.5, 0.6) is 11.5 Å². The normalized spacial score (nSPS) is 13.9. The monoisotopic (exact) mass is 1110 g/mol. The molecule has 7 rings (SSSR count). The maximum Gasteiger partial charge on any atom is 0.128 e. The van der Waals surface area contributed by atoms with Gasteiger partial charge < -0.3 is 14.6 Å². The Hall–Kier alpha value is -2.88. The van der Waals surface area contributed by atoms with Crippen molar-refractivity contribution in [2.45, 2.75) is 180 Å². The minimum atomic E-state index is -0.0187. The summed E-state index contributed by atoms with van der Waals surface area (Å²) in [5.41, 5.74) is 16.1. The number of aliphatic hydroxyl groups is 1. The van der Waals surface area contributed by atoms with Crippen LogP contribution in [0.25, 0.3) is 44.5 Å². The van der Waals surface area contributed by atoms with Gasteiger partial charge in [-0.15, -0.1) is 0 Å². The molecule has 0 saturated carbocycles. The highest BCUT2D eigenvalue weighted by molar-refractivity contribution is 14.1. The first-order valence-corrected chi connectivity index (χ1v) is 28.3. The van der Waals surface area contributed by atoms with Crippen LogP contribution < -0.4 is 9.47 Å². The molecule has 2 aliphatic rings. The molecule has 0 heterocycles. The summed E-state index contributed by atoms with van der Waals surface area (Å²) in [5.74, 6) is 1.76. The van der Waals surface area contributed by atoms with E-state index in [-0.39, 0.29) is 17.4 Å². The lowest BCUT2D eigenvalue weighted by atomic mass is 9.70. The molecule has 2 aliphatic carbocycles. The van der Waals surface area contributed by atoms with E-state index in [1.165, 1.54) is 191 Å². The van der Waals surface area contributed by atoms with Gasteiger partial charge in [0.05, 0.1) is 13.7 Å². The minimum Gasteiger partial charge on any atom is -0.496 e. The molecule has 0 aromatic heterocycles. The van der Waals surface area contributed by atoms with E-state index in [1.54, 1.807) is 0 Å². The van der Waals surface area contributed by atoms with Crippen LogP contribution in [-0.4, -0.2) is 25.4 Å². The lowest BCUT2D eigenvalue weighted by molar-refractivity contribution is 0.253. The van der Waals surface area contributed by atoms with E-state index in [9.17, 15) is 5.11 Å². The van der Waals surface area contributed by atoms with Gasteiger partial charge in [0.25, 0.3) is 0 Å². The van der Waals surface area contributed by atoms with Crippen molar-refractivity contribution in [1.29, 1.82) is 0 Å². The van der Waals surface area contributed by atoms with Gasteiger partial charge >= 0.3 is 0 Å². The van der Waals surface area contributed by atoms with Gasteiger partial charge in [-0.25, -0.2) is 0 Å². The summed E-state index contributed by atoms with van der Waals surface area (Å²) in [6, 6.07) is 33.5. The molecule has 5 heteroatoms. The van der Waals surface area contributed by atoms with E-state index in [0.717, 1.165) is 35.5 Å². The number of ether oxygens (including phenoxy) is 2. The Kier molecular flexibility index (Phi) is 19.0. The van der Waals surface area contributed by atoms with Crippen LogP contribution in [0.15, 0.2) is 84.9 Å². The van der Waals surface area contributed by atoms with Crippen molar-refractivity contribution in [2.75, 3.05) is 20.3 Å². The second kappa shape index (κ2) is 24.6. The molecule has 0 fully saturated rings. The van der Waals surface area contributed by atoms with E-state index < -0.39 is 0 Å². The van der Waals surface area contributed by atoms with Crippen LogP contribution in [-0.2, 0) is 10.8 Å². The summed E-state index contributed by atoms with van der Waals surface area (Å²) in [7, 11) is 1.83. The average molecular weight is 1110 g/mol. The molecule has 0 unspecified atom stereocenters. The minimum absolute atomic E-state index is 0.0141. The van der Waals surface area contributed by atoms with Crippen molar-refractivity contribution in [3.05, 3.63) is 114 Å². The third kappa shape index (κ3) is 11.1. The van der Waals surface area contributed by atoms with Gasteiger partial charge in [0.1, 0.15) is 11.5 Å². The van der Waals surface area contributed by atoms with Gasteiger partial charge in [0, 0.05) is 35.7 Å². The van der Waals surface area contributed by atoms with Gasteiger partial charge in [-0.1, -0.05) is 167 Å². The Labute approximate surface area is 427 Å². The predicted molar refractivity (Wildman–Crippen MR) is 299 cm³/mol.